The second-order valence-electron chi connectivity index (χ2n) is 4.89. The van der Waals surface area contributed by atoms with Gasteiger partial charge in [-0.3, -0.25) is 0 Å². The molecule has 0 spiro atoms. The average molecular weight is 326 g/mol. The van der Waals surface area contributed by atoms with Gasteiger partial charge in [0.1, 0.15) is 17.2 Å². The molecule has 3 rings (SSSR count). The summed E-state index contributed by atoms with van der Waals surface area (Å²) in [7, 11) is -3.53. The van der Waals surface area contributed by atoms with Crippen LogP contribution in [0.1, 0.15) is 0 Å². The molecule has 3 aromatic carbocycles. The zero-order valence-electron chi connectivity index (χ0n) is 12.1. The molecule has 0 bridgehead atoms. The van der Waals surface area contributed by atoms with Crippen molar-refractivity contribution in [3.05, 3.63) is 78.9 Å². The molecule has 4 nitrogen and oxygen atoms in total. The first-order chi connectivity index (χ1) is 11.1. The fraction of sp³-hybridized carbons (Fsp3) is 0. The van der Waals surface area contributed by atoms with Crippen molar-refractivity contribution in [3.8, 4) is 17.2 Å². The van der Waals surface area contributed by atoms with Crippen molar-refractivity contribution in [1.29, 1.82) is 0 Å². The Hall–Kier alpha value is -2.79. The van der Waals surface area contributed by atoms with E-state index in [0.717, 1.165) is 0 Å². The van der Waals surface area contributed by atoms with Crippen LogP contribution < -0.4 is 4.74 Å². The number of hydrogen-bond donors (Lipinski definition) is 1. The van der Waals surface area contributed by atoms with Crippen LogP contribution in [0.25, 0.3) is 0 Å². The van der Waals surface area contributed by atoms with Gasteiger partial charge in [-0.1, -0.05) is 24.3 Å². The Bertz CT molecular complexity index is 901. The molecule has 0 saturated heterocycles. The second-order valence-corrected chi connectivity index (χ2v) is 6.84. The van der Waals surface area contributed by atoms with Crippen LogP contribution in [-0.4, -0.2) is 13.5 Å². The second kappa shape index (κ2) is 6.14. The van der Waals surface area contributed by atoms with E-state index < -0.39 is 9.84 Å². The third-order valence-electron chi connectivity index (χ3n) is 3.24. The molecule has 23 heavy (non-hydrogen) atoms. The van der Waals surface area contributed by atoms with Gasteiger partial charge in [0, 0.05) is 6.07 Å². The Balaban J connectivity index is 1.85. The lowest BCUT2D eigenvalue weighted by Crippen LogP contribution is -2.01. The summed E-state index contributed by atoms with van der Waals surface area (Å²) in [6, 6.07) is 20.8. The number of rotatable bonds is 4. The van der Waals surface area contributed by atoms with Crippen LogP contribution in [0.5, 0.6) is 17.2 Å². The quantitative estimate of drug-likeness (QED) is 0.786. The summed E-state index contributed by atoms with van der Waals surface area (Å²) >= 11 is 0. The van der Waals surface area contributed by atoms with Crippen molar-refractivity contribution in [3.63, 3.8) is 0 Å². The zero-order chi connectivity index (χ0) is 16.3. The van der Waals surface area contributed by atoms with Gasteiger partial charge >= 0.3 is 0 Å². The van der Waals surface area contributed by atoms with E-state index in [1.807, 2.05) is 0 Å². The lowest BCUT2D eigenvalue weighted by Gasteiger charge is -2.08. The summed E-state index contributed by atoms with van der Waals surface area (Å²) < 4.78 is 30.5. The maximum absolute atomic E-state index is 12.5. The third-order valence-corrected chi connectivity index (χ3v) is 5.03. The van der Waals surface area contributed by atoms with Crippen molar-refractivity contribution < 1.29 is 18.3 Å². The summed E-state index contributed by atoms with van der Waals surface area (Å²) in [4.78, 5) is 0.452. The Morgan fingerprint density at radius 3 is 2.00 bits per heavy atom. The SMILES string of the molecule is O=S(=O)(c1ccccc1)c1ccc(Oc2cccc(O)c2)cc1. The zero-order valence-corrected chi connectivity index (χ0v) is 12.9. The molecule has 0 aliphatic carbocycles. The Kier molecular flexibility index (Phi) is 4.04. The van der Waals surface area contributed by atoms with Gasteiger partial charge < -0.3 is 9.84 Å². The first kappa shape index (κ1) is 15.1. The van der Waals surface area contributed by atoms with Crippen LogP contribution in [0, 0.1) is 0 Å². The van der Waals surface area contributed by atoms with Gasteiger partial charge in [0.15, 0.2) is 0 Å². The minimum absolute atomic E-state index is 0.103. The molecule has 3 aromatic rings. The van der Waals surface area contributed by atoms with Crippen LogP contribution in [0.3, 0.4) is 0 Å². The van der Waals surface area contributed by atoms with Crippen molar-refractivity contribution in [2.24, 2.45) is 0 Å². The molecule has 0 atom stereocenters. The summed E-state index contributed by atoms with van der Waals surface area (Å²) in [6.45, 7) is 0. The van der Waals surface area contributed by atoms with E-state index >= 15 is 0 Å². The number of aromatic hydroxyl groups is 1. The van der Waals surface area contributed by atoms with Gasteiger partial charge in [-0.25, -0.2) is 8.42 Å². The first-order valence-corrected chi connectivity index (χ1v) is 8.41. The van der Waals surface area contributed by atoms with E-state index in [-0.39, 0.29) is 15.5 Å². The largest absolute Gasteiger partial charge is 0.508 e. The van der Waals surface area contributed by atoms with Crippen LogP contribution in [0.15, 0.2) is 88.7 Å². The van der Waals surface area contributed by atoms with E-state index in [9.17, 15) is 13.5 Å². The van der Waals surface area contributed by atoms with Gasteiger partial charge in [-0.2, -0.15) is 0 Å². The van der Waals surface area contributed by atoms with E-state index in [0.29, 0.717) is 11.5 Å². The normalized spacial score (nSPS) is 11.1. The van der Waals surface area contributed by atoms with Gasteiger partial charge in [-0.15, -0.1) is 0 Å². The molecular weight excluding hydrogens is 312 g/mol. The summed E-state index contributed by atoms with van der Waals surface area (Å²) in [6.07, 6.45) is 0. The summed E-state index contributed by atoms with van der Waals surface area (Å²) in [5.41, 5.74) is 0. The highest BCUT2D eigenvalue weighted by atomic mass is 32.2. The topological polar surface area (TPSA) is 63.6 Å². The number of sulfone groups is 1. The van der Waals surface area contributed by atoms with Crippen LogP contribution in [0.4, 0.5) is 0 Å². The third kappa shape index (κ3) is 3.35. The van der Waals surface area contributed by atoms with Crippen molar-refractivity contribution in [2.75, 3.05) is 0 Å². The fourth-order valence-corrected chi connectivity index (χ4v) is 3.39. The van der Waals surface area contributed by atoms with E-state index in [1.54, 1.807) is 60.7 Å². The molecule has 116 valence electrons. The van der Waals surface area contributed by atoms with Gasteiger partial charge in [0.2, 0.25) is 9.84 Å². The molecule has 1 N–H and O–H groups in total. The van der Waals surface area contributed by atoms with Gasteiger partial charge in [0.25, 0.3) is 0 Å². The maximum Gasteiger partial charge on any atom is 0.206 e. The predicted molar refractivity (Wildman–Crippen MR) is 86.5 cm³/mol. The van der Waals surface area contributed by atoms with Crippen LogP contribution in [0.2, 0.25) is 0 Å². The molecule has 0 aliphatic rings. The number of ether oxygens (including phenoxy) is 1. The van der Waals surface area contributed by atoms with E-state index in [2.05, 4.69) is 0 Å². The Labute approximate surface area is 134 Å². The highest BCUT2D eigenvalue weighted by Crippen LogP contribution is 2.27. The molecule has 5 heteroatoms. The molecule has 0 radical (unpaired) electrons. The monoisotopic (exact) mass is 326 g/mol. The summed E-state index contributed by atoms with van der Waals surface area (Å²) in [5, 5.41) is 9.41. The van der Waals surface area contributed by atoms with Crippen LogP contribution in [-0.2, 0) is 9.84 Å². The standard InChI is InChI=1S/C18H14O4S/c19-14-5-4-6-16(13-14)22-15-9-11-18(12-10-15)23(20,21)17-7-2-1-3-8-17/h1-13,19H. The average Bonchev–Trinajstić information content (AvgIpc) is 2.56. The van der Waals surface area contributed by atoms with Crippen molar-refractivity contribution in [1.82, 2.24) is 0 Å². The minimum atomic E-state index is -3.53. The highest BCUT2D eigenvalue weighted by molar-refractivity contribution is 7.91. The van der Waals surface area contributed by atoms with Gasteiger partial charge in [0.05, 0.1) is 9.79 Å². The number of benzene rings is 3. The Morgan fingerprint density at radius 2 is 1.35 bits per heavy atom. The first-order valence-electron chi connectivity index (χ1n) is 6.93. The molecule has 0 amide bonds. The highest BCUT2D eigenvalue weighted by Gasteiger charge is 2.16. The summed E-state index contributed by atoms with van der Waals surface area (Å²) in [5.74, 6) is 1.07. The molecule has 0 unspecified atom stereocenters. The maximum atomic E-state index is 12.5. The fourth-order valence-electron chi connectivity index (χ4n) is 2.11. The molecular formula is C18H14O4S. The number of hydrogen-bond acceptors (Lipinski definition) is 4. The molecule has 0 heterocycles. The molecule has 0 fully saturated rings. The number of phenols is 1. The number of phenolic OH excluding ortho intramolecular Hbond substituents is 1. The lowest BCUT2D eigenvalue weighted by atomic mass is 10.3. The smallest absolute Gasteiger partial charge is 0.206 e. The van der Waals surface area contributed by atoms with Crippen molar-refractivity contribution >= 4 is 9.84 Å². The molecule has 0 aromatic heterocycles. The van der Waals surface area contributed by atoms with E-state index in [1.165, 1.54) is 18.2 Å². The Morgan fingerprint density at radius 1 is 0.696 bits per heavy atom. The van der Waals surface area contributed by atoms with E-state index in [4.69, 9.17) is 4.74 Å². The van der Waals surface area contributed by atoms with Crippen LogP contribution >= 0.6 is 0 Å². The predicted octanol–water partition coefficient (Wildman–Crippen LogP) is 4.02. The lowest BCUT2D eigenvalue weighted by molar-refractivity contribution is 0.455. The molecule has 0 aliphatic heterocycles. The van der Waals surface area contributed by atoms with Crippen molar-refractivity contribution in [2.45, 2.75) is 9.79 Å². The van der Waals surface area contributed by atoms with Gasteiger partial charge in [-0.05, 0) is 48.5 Å². The minimum Gasteiger partial charge on any atom is -0.508 e. The molecule has 0 saturated carbocycles.